The molecule has 0 bridgehead atoms. The standard InChI is InChI=1S/C24H25N3O3/c1-26(17-21-9-6-16-30-21)23(28)19-11-13-20(14-12-19)25-24(29)27-15-5-4-8-18-7-2-3-10-22(18)27/h2-3,6-7,9-14,16H,4-5,8,15,17H2,1H3,(H,25,29). The number of nitrogens with one attached hydrogen (secondary N) is 1. The van der Waals surface area contributed by atoms with Crippen molar-refractivity contribution in [3.8, 4) is 0 Å². The number of aryl methyl sites for hydroxylation is 1. The Morgan fingerprint density at radius 3 is 2.60 bits per heavy atom. The van der Waals surface area contributed by atoms with Crippen molar-refractivity contribution in [3.05, 3.63) is 83.8 Å². The van der Waals surface area contributed by atoms with Crippen LogP contribution in [0, 0.1) is 0 Å². The van der Waals surface area contributed by atoms with Crippen LogP contribution in [0.2, 0.25) is 0 Å². The molecular formula is C24H25N3O3. The molecule has 1 aliphatic heterocycles. The molecule has 4 rings (SSSR count). The summed E-state index contributed by atoms with van der Waals surface area (Å²) >= 11 is 0. The minimum absolute atomic E-state index is 0.106. The monoisotopic (exact) mass is 403 g/mol. The van der Waals surface area contributed by atoms with Crippen molar-refractivity contribution in [1.82, 2.24) is 4.90 Å². The lowest BCUT2D eigenvalue weighted by atomic mass is 10.1. The summed E-state index contributed by atoms with van der Waals surface area (Å²) < 4.78 is 5.30. The van der Waals surface area contributed by atoms with Gasteiger partial charge in [0.2, 0.25) is 0 Å². The molecule has 1 aliphatic rings. The van der Waals surface area contributed by atoms with Gasteiger partial charge in [0.25, 0.3) is 5.91 Å². The number of fused-ring (bicyclic) bond motifs is 1. The van der Waals surface area contributed by atoms with Crippen LogP contribution < -0.4 is 10.2 Å². The Morgan fingerprint density at radius 2 is 1.83 bits per heavy atom. The molecule has 1 aromatic heterocycles. The first-order valence-electron chi connectivity index (χ1n) is 10.2. The number of carbonyl (C=O) groups excluding carboxylic acids is 2. The molecule has 6 nitrogen and oxygen atoms in total. The fourth-order valence-electron chi connectivity index (χ4n) is 3.72. The highest BCUT2D eigenvalue weighted by Crippen LogP contribution is 2.26. The third kappa shape index (κ3) is 4.38. The van der Waals surface area contributed by atoms with Crippen molar-refractivity contribution in [1.29, 1.82) is 0 Å². The molecule has 154 valence electrons. The summed E-state index contributed by atoms with van der Waals surface area (Å²) in [6.07, 6.45) is 4.62. The molecule has 0 atom stereocenters. The van der Waals surface area contributed by atoms with Crippen LogP contribution in [0.25, 0.3) is 0 Å². The van der Waals surface area contributed by atoms with Crippen LogP contribution in [-0.4, -0.2) is 30.4 Å². The number of para-hydroxylation sites is 1. The van der Waals surface area contributed by atoms with Gasteiger partial charge in [-0.2, -0.15) is 0 Å². The van der Waals surface area contributed by atoms with E-state index in [0.29, 0.717) is 24.3 Å². The minimum Gasteiger partial charge on any atom is -0.467 e. The van der Waals surface area contributed by atoms with E-state index in [0.717, 1.165) is 30.7 Å². The van der Waals surface area contributed by atoms with Gasteiger partial charge >= 0.3 is 6.03 Å². The Labute approximate surface area is 176 Å². The quantitative estimate of drug-likeness (QED) is 0.672. The SMILES string of the molecule is CN(Cc1ccco1)C(=O)c1ccc(NC(=O)N2CCCCc3ccccc32)cc1. The molecule has 2 aromatic carbocycles. The lowest BCUT2D eigenvalue weighted by molar-refractivity contribution is 0.0775. The van der Waals surface area contributed by atoms with Crippen molar-refractivity contribution >= 4 is 23.3 Å². The highest BCUT2D eigenvalue weighted by Gasteiger charge is 2.21. The van der Waals surface area contributed by atoms with E-state index in [1.807, 2.05) is 24.3 Å². The lowest BCUT2D eigenvalue weighted by Crippen LogP contribution is -2.35. The van der Waals surface area contributed by atoms with E-state index in [9.17, 15) is 9.59 Å². The van der Waals surface area contributed by atoms with E-state index < -0.39 is 0 Å². The fraction of sp³-hybridized carbons (Fsp3) is 0.250. The zero-order chi connectivity index (χ0) is 20.9. The van der Waals surface area contributed by atoms with Crippen molar-refractivity contribution in [2.75, 3.05) is 23.8 Å². The topological polar surface area (TPSA) is 65.8 Å². The molecule has 0 spiro atoms. The molecule has 3 aromatic rings. The molecule has 6 heteroatoms. The maximum absolute atomic E-state index is 12.9. The van der Waals surface area contributed by atoms with E-state index in [2.05, 4.69) is 11.4 Å². The third-order valence-electron chi connectivity index (χ3n) is 5.31. The van der Waals surface area contributed by atoms with Gasteiger partial charge in [-0.1, -0.05) is 18.2 Å². The van der Waals surface area contributed by atoms with Gasteiger partial charge in [0.1, 0.15) is 5.76 Å². The molecule has 0 radical (unpaired) electrons. The normalized spacial score (nSPS) is 13.3. The maximum Gasteiger partial charge on any atom is 0.326 e. The molecule has 0 saturated carbocycles. The molecule has 3 amide bonds. The Morgan fingerprint density at radius 1 is 1.03 bits per heavy atom. The second kappa shape index (κ2) is 8.86. The number of amides is 3. The molecule has 1 N–H and O–H groups in total. The largest absolute Gasteiger partial charge is 0.467 e. The average molecular weight is 403 g/mol. The molecular weight excluding hydrogens is 378 g/mol. The van der Waals surface area contributed by atoms with Gasteiger partial charge in [-0.3, -0.25) is 9.69 Å². The van der Waals surface area contributed by atoms with Crippen molar-refractivity contribution in [2.24, 2.45) is 0 Å². The first kappa shape index (κ1) is 19.8. The van der Waals surface area contributed by atoms with E-state index in [4.69, 9.17) is 4.42 Å². The smallest absolute Gasteiger partial charge is 0.326 e. The van der Waals surface area contributed by atoms with Gasteiger partial charge in [-0.25, -0.2) is 4.79 Å². The average Bonchev–Trinajstić information content (AvgIpc) is 3.17. The van der Waals surface area contributed by atoms with Crippen LogP contribution in [-0.2, 0) is 13.0 Å². The zero-order valence-corrected chi connectivity index (χ0v) is 17.0. The number of urea groups is 1. The van der Waals surface area contributed by atoms with E-state index in [1.54, 1.807) is 53.4 Å². The minimum atomic E-state index is -0.154. The van der Waals surface area contributed by atoms with Crippen molar-refractivity contribution < 1.29 is 14.0 Å². The van der Waals surface area contributed by atoms with Gasteiger partial charge in [-0.15, -0.1) is 0 Å². The molecule has 0 fully saturated rings. The highest BCUT2D eigenvalue weighted by atomic mass is 16.3. The van der Waals surface area contributed by atoms with Crippen molar-refractivity contribution in [3.63, 3.8) is 0 Å². The van der Waals surface area contributed by atoms with E-state index in [1.165, 1.54) is 5.56 Å². The fourth-order valence-corrected chi connectivity index (χ4v) is 3.72. The number of hydrogen-bond acceptors (Lipinski definition) is 3. The summed E-state index contributed by atoms with van der Waals surface area (Å²) in [5.74, 6) is 0.623. The van der Waals surface area contributed by atoms with Crippen LogP contribution in [0.1, 0.15) is 34.5 Å². The number of nitrogens with zero attached hydrogens (tertiary/aromatic N) is 2. The van der Waals surface area contributed by atoms with Crippen LogP contribution in [0.5, 0.6) is 0 Å². The summed E-state index contributed by atoms with van der Waals surface area (Å²) in [5, 5.41) is 2.96. The Kier molecular flexibility index (Phi) is 5.84. The Balaban J connectivity index is 1.42. The van der Waals surface area contributed by atoms with Gasteiger partial charge in [-0.05, 0) is 67.3 Å². The van der Waals surface area contributed by atoms with Gasteiger partial charge in [0.05, 0.1) is 12.8 Å². The number of hydrogen-bond donors (Lipinski definition) is 1. The Hall–Kier alpha value is -3.54. The van der Waals surface area contributed by atoms with Crippen LogP contribution in [0.3, 0.4) is 0 Å². The van der Waals surface area contributed by atoms with Crippen LogP contribution in [0.15, 0.2) is 71.3 Å². The van der Waals surface area contributed by atoms with Crippen molar-refractivity contribution in [2.45, 2.75) is 25.8 Å². The predicted molar refractivity (Wildman–Crippen MR) is 117 cm³/mol. The Bertz CT molecular complexity index is 1010. The summed E-state index contributed by atoms with van der Waals surface area (Å²) in [4.78, 5) is 28.9. The third-order valence-corrected chi connectivity index (χ3v) is 5.31. The summed E-state index contributed by atoms with van der Waals surface area (Å²) in [6, 6.07) is 18.5. The van der Waals surface area contributed by atoms with Gasteiger partial charge in [0, 0.05) is 30.5 Å². The molecule has 0 unspecified atom stereocenters. The number of rotatable bonds is 4. The summed E-state index contributed by atoms with van der Waals surface area (Å²) in [5.41, 5.74) is 3.39. The highest BCUT2D eigenvalue weighted by molar-refractivity contribution is 6.02. The van der Waals surface area contributed by atoms with Gasteiger partial charge < -0.3 is 14.6 Å². The maximum atomic E-state index is 12.9. The number of benzene rings is 2. The zero-order valence-electron chi connectivity index (χ0n) is 17.0. The predicted octanol–water partition coefficient (Wildman–Crippen LogP) is 4.93. The molecule has 0 saturated heterocycles. The number of furan rings is 1. The molecule has 0 aliphatic carbocycles. The number of anilines is 2. The lowest BCUT2D eigenvalue weighted by Gasteiger charge is -2.23. The molecule has 30 heavy (non-hydrogen) atoms. The van der Waals surface area contributed by atoms with E-state index in [-0.39, 0.29) is 11.9 Å². The summed E-state index contributed by atoms with van der Waals surface area (Å²) in [7, 11) is 1.73. The van der Waals surface area contributed by atoms with Gasteiger partial charge in [0.15, 0.2) is 0 Å². The van der Waals surface area contributed by atoms with E-state index >= 15 is 0 Å². The van der Waals surface area contributed by atoms with Crippen LogP contribution >= 0.6 is 0 Å². The second-order valence-corrected chi connectivity index (χ2v) is 7.49. The summed E-state index contributed by atoms with van der Waals surface area (Å²) in [6.45, 7) is 1.09. The first-order valence-corrected chi connectivity index (χ1v) is 10.2. The molecule has 2 heterocycles. The second-order valence-electron chi connectivity index (χ2n) is 7.49. The van der Waals surface area contributed by atoms with Crippen LogP contribution in [0.4, 0.5) is 16.2 Å². The first-order chi connectivity index (χ1) is 14.6. The number of carbonyl (C=O) groups is 2.